The molecule has 1 aliphatic rings. The molecule has 8 nitrogen and oxygen atoms in total. The molecule has 1 amide bonds. The predicted molar refractivity (Wildman–Crippen MR) is 151 cm³/mol. The van der Waals surface area contributed by atoms with Crippen molar-refractivity contribution in [1.82, 2.24) is 14.9 Å². The Labute approximate surface area is 231 Å². The zero-order valence-corrected chi connectivity index (χ0v) is 24.0. The van der Waals surface area contributed by atoms with Gasteiger partial charge in [-0.05, 0) is 102 Å². The minimum Gasteiger partial charge on any atom is -0.489 e. The number of ether oxygens (including phenoxy) is 1. The third kappa shape index (κ3) is 7.35. The lowest BCUT2D eigenvalue weighted by molar-refractivity contribution is -0.160. The third-order valence-electron chi connectivity index (χ3n) is 7.57. The van der Waals surface area contributed by atoms with Crippen LogP contribution in [0.3, 0.4) is 0 Å². The molecule has 0 saturated carbocycles. The van der Waals surface area contributed by atoms with Gasteiger partial charge in [-0.25, -0.2) is 13.5 Å². The topological polar surface area (TPSA) is 100 Å². The van der Waals surface area contributed by atoms with Gasteiger partial charge in [-0.1, -0.05) is 18.2 Å². The number of carbonyl (C=O) groups excluding carboxylic acids is 1. The number of pyridine rings is 1. The van der Waals surface area contributed by atoms with E-state index in [1.807, 2.05) is 37.3 Å². The van der Waals surface area contributed by atoms with Crippen LogP contribution in [0.1, 0.15) is 51.3 Å². The number of likely N-dealkylation sites (tertiary alicyclic amines) is 1. The maximum Gasteiger partial charge on any atom is 0.233 e. The summed E-state index contributed by atoms with van der Waals surface area (Å²) in [5, 5.41) is 11.8. The first-order valence-corrected chi connectivity index (χ1v) is 15.1. The molecule has 4 rings (SSSR count). The quantitative estimate of drug-likeness (QED) is 0.214. The number of aromatic nitrogens is 1. The summed E-state index contributed by atoms with van der Waals surface area (Å²) in [7, 11) is -3.75. The number of fused-ring (bicyclic) bond motifs is 1. The second kappa shape index (κ2) is 12.0. The normalized spacial score (nSPS) is 16.2. The number of amides is 1. The van der Waals surface area contributed by atoms with Crippen LogP contribution in [0.4, 0.5) is 0 Å². The number of aryl methyl sites for hydroxylation is 1. The first-order valence-electron chi connectivity index (χ1n) is 13.4. The number of nitrogens with zero attached hydrogens (tertiary/aromatic N) is 3. The lowest BCUT2D eigenvalue weighted by Gasteiger charge is -2.41. The van der Waals surface area contributed by atoms with Crippen molar-refractivity contribution in [3.8, 4) is 5.75 Å². The Kier molecular flexibility index (Phi) is 8.93. The lowest BCUT2D eigenvalue weighted by Crippen LogP contribution is -2.47. The Morgan fingerprint density at radius 2 is 1.79 bits per heavy atom. The van der Waals surface area contributed by atoms with E-state index in [4.69, 9.17) is 4.74 Å². The molecule has 0 radical (unpaired) electrons. The molecule has 1 aliphatic heterocycles. The van der Waals surface area contributed by atoms with E-state index in [-0.39, 0.29) is 22.1 Å². The number of para-hydroxylation sites is 1. The summed E-state index contributed by atoms with van der Waals surface area (Å²) in [6.07, 6.45) is 2.54. The van der Waals surface area contributed by atoms with E-state index in [0.717, 1.165) is 48.1 Å². The van der Waals surface area contributed by atoms with Crippen molar-refractivity contribution in [1.29, 1.82) is 0 Å². The van der Waals surface area contributed by atoms with Crippen molar-refractivity contribution >= 4 is 27.2 Å². The summed E-state index contributed by atoms with van der Waals surface area (Å²) >= 11 is 0. The predicted octanol–water partition coefficient (Wildman–Crippen LogP) is 5.01. The van der Waals surface area contributed by atoms with E-state index in [9.17, 15) is 18.4 Å². The fraction of sp³-hybridized carbons (Fsp3) is 0.467. The van der Waals surface area contributed by atoms with Crippen molar-refractivity contribution in [2.45, 2.75) is 70.0 Å². The van der Waals surface area contributed by atoms with E-state index in [0.29, 0.717) is 30.3 Å². The summed E-state index contributed by atoms with van der Waals surface area (Å²) in [5.74, 6) is 0.443. The molecule has 0 aliphatic carbocycles. The van der Waals surface area contributed by atoms with Crippen molar-refractivity contribution in [3.63, 3.8) is 0 Å². The number of hydrogen-bond acceptors (Lipinski definition) is 7. The highest BCUT2D eigenvalue weighted by Crippen LogP contribution is 2.29. The smallest absolute Gasteiger partial charge is 0.233 e. The van der Waals surface area contributed by atoms with Crippen molar-refractivity contribution in [2.24, 2.45) is 5.92 Å². The molecule has 1 N–H and O–H groups in total. The van der Waals surface area contributed by atoms with Crippen LogP contribution >= 0.6 is 0 Å². The first-order chi connectivity index (χ1) is 18.5. The van der Waals surface area contributed by atoms with E-state index >= 15 is 0 Å². The third-order valence-corrected chi connectivity index (χ3v) is 9.38. The number of benzene rings is 2. The summed E-state index contributed by atoms with van der Waals surface area (Å²) < 4.78 is 32.5. The second-order valence-corrected chi connectivity index (χ2v) is 13.5. The monoisotopic (exact) mass is 553 g/mol. The van der Waals surface area contributed by atoms with E-state index in [2.05, 4.69) is 30.7 Å². The molecule has 1 fully saturated rings. The summed E-state index contributed by atoms with van der Waals surface area (Å²) in [6, 6.07) is 15.4. The second-order valence-electron chi connectivity index (χ2n) is 11.5. The van der Waals surface area contributed by atoms with Crippen LogP contribution < -0.4 is 4.74 Å². The highest BCUT2D eigenvalue weighted by atomic mass is 32.2. The van der Waals surface area contributed by atoms with Crippen molar-refractivity contribution < 1.29 is 23.2 Å². The minimum absolute atomic E-state index is 0.0838. The molecule has 2 aromatic carbocycles. The SMILES string of the molecule is Cc1cc(COc2ccc(S(=O)(=O)CC(CC3CCN(C(C)(C)C)CC3)N(O)C=O)cc2)c2ccccc2n1. The molecule has 1 aromatic heterocycles. The van der Waals surface area contributed by atoms with Crippen LogP contribution in [-0.2, 0) is 21.2 Å². The van der Waals surface area contributed by atoms with Crippen molar-refractivity contribution in [2.75, 3.05) is 18.8 Å². The molecule has 1 saturated heterocycles. The zero-order valence-electron chi connectivity index (χ0n) is 23.2. The number of carbonyl (C=O) groups is 1. The summed E-state index contributed by atoms with van der Waals surface area (Å²) in [5.41, 5.74) is 2.89. The average molecular weight is 554 g/mol. The van der Waals surface area contributed by atoms with E-state index in [1.54, 1.807) is 12.1 Å². The molecule has 1 atom stereocenters. The number of sulfone groups is 1. The maximum atomic E-state index is 13.3. The Morgan fingerprint density at radius 1 is 1.13 bits per heavy atom. The Hall–Kier alpha value is -3.01. The van der Waals surface area contributed by atoms with Crippen LogP contribution in [0.2, 0.25) is 0 Å². The van der Waals surface area contributed by atoms with Gasteiger partial charge in [-0.3, -0.25) is 19.9 Å². The Morgan fingerprint density at radius 3 is 2.44 bits per heavy atom. The van der Waals surface area contributed by atoms with Gasteiger partial charge in [0.2, 0.25) is 6.41 Å². The molecule has 1 unspecified atom stereocenters. The molecular formula is C30H39N3O5S. The zero-order chi connectivity index (χ0) is 28.2. The van der Waals surface area contributed by atoms with E-state index in [1.165, 1.54) is 12.1 Å². The number of rotatable bonds is 10. The first kappa shape index (κ1) is 29.0. The molecule has 210 valence electrons. The van der Waals surface area contributed by atoms with Crippen LogP contribution in [0, 0.1) is 12.8 Å². The maximum absolute atomic E-state index is 13.3. The standard InChI is InChI=1S/C30H39N3O5S/c1-22-17-24(28-7-5-6-8-29(28)31-22)19-38-26-9-11-27(12-10-26)39(36,37)20-25(33(35)21-34)18-23-13-15-32(16-14-23)30(2,3)4/h5-12,17,21,23,25,35H,13-16,18-20H2,1-4H3. The minimum atomic E-state index is -3.75. The van der Waals surface area contributed by atoms with Gasteiger partial charge in [-0.15, -0.1) is 0 Å². The van der Waals surface area contributed by atoms with Gasteiger partial charge in [0.1, 0.15) is 12.4 Å². The van der Waals surface area contributed by atoms with Gasteiger partial charge < -0.3 is 4.74 Å². The van der Waals surface area contributed by atoms with Crippen LogP contribution in [-0.4, -0.2) is 65.4 Å². The largest absolute Gasteiger partial charge is 0.489 e. The molecule has 9 heteroatoms. The van der Waals surface area contributed by atoms with Gasteiger partial charge in [0.25, 0.3) is 0 Å². The summed E-state index contributed by atoms with van der Waals surface area (Å²) in [4.78, 5) is 18.5. The van der Waals surface area contributed by atoms with Crippen LogP contribution in [0.5, 0.6) is 5.75 Å². The highest BCUT2D eigenvalue weighted by molar-refractivity contribution is 7.91. The summed E-state index contributed by atoms with van der Waals surface area (Å²) in [6.45, 7) is 10.6. The Balaban J connectivity index is 1.40. The number of piperidine rings is 1. The van der Waals surface area contributed by atoms with Gasteiger partial charge in [0.05, 0.1) is 22.2 Å². The number of hydrogen-bond donors (Lipinski definition) is 1. The molecular weight excluding hydrogens is 514 g/mol. The van der Waals surface area contributed by atoms with Crippen LogP contribution in [0.15, 0.2) is 59.5 Å². The molecule has 0 spiro atoms. The highest BCUT2D eigenvalue weighted by Gasteiger charge is 2.32. The molecule has 3 aromatic rings. The fourth-order valence-corrected chi connectivity index (χ4v) is 6.87. The van der Waals surface area contributed by atoms with Gasteiger partial charge in [0, 0.05) is 22.2 Å². The van der Waals surface area contributed by atoms with Gasteiger partial charge >= 0.3 is 0 Å². The average Bonchev–Trinajstić information content (AvgIpc) is 2.90. The van der Waals surface area contributed by atoms with E-state index < -0.39 is 15.9 Å². The fourth-order valence-electron chi connectivity index (χ4n) is 5.33. The Bertz CT molecular complexity index is 1380. The van der Waals surface area contributed by atoms with Crippen molar-refractivity contribution in [3.05, 3.63) is 65.9 Å². The van der Waals surface area contributed by atoms with Gasteiger partial charge in [0.15, 0.2) is 9.84 Å². The molecule has 2 heterocycles. The number of hydroxylamine groups is 2. The molecule has 39 heavy (non-hydrogen) atoms. The molecule has 0 bridgehead atoms. The van der Waals surface area contributed by atoms with Crippen LogP contribution in [0.25, 0.3) is 10.9 Å². The lowest BCUT2D eigenvalue weighted by atomic mass is 9.88. The van der Waals surface area contributed by atoms with Gasteiger partial charge in [-0.2, -0.15) is 0 Å².